The van der Waals surface area contributed by atoms with E-state index in [0.717, 1.165) is 11.5 Å². The van der Waals surface area contributed by atoms with Crippen LogP contribution in [-0.2, 0) is 6.54 Å². The smallest absolute Gasteiger partial charge is 0.117 e. The predicted molar refractivity (Wildman–Crippen MR) is 43.2 cm³/mol. The second-order valence-corrected chi connectivity index (χ2v) is 3.14. The lowest BCUT2D eigenvalue weighted by Gasteiger charge is -2.22. The number of hydrogen-bond donors (Lipinski definition) is 1. The van der Waals surface area contributed by atoms with Gasteiger partial charge in [0, 0.05) is 5.92 Å². The van der Waals surface area contributed by atoms with E-state index in [9.17, 15) is 0 Å². The van der Waals surface area contributed by atoms with Gasteiger partial charge in [0.2, 0.25) is 0 Å². The van der Waals surface area contributed by atoms with E-state index in [-0.39, 0.29) is 0 Å². The van der Waals surface area contributed by atoms with Crippen LogP contribution in [0.2, 0.25) is 0 Å². The van der Waals surface area contributed by atoms with Crippen molar-refractivity contribution in [1.82, 2.24) is 0 Å². The normalized spacial score (nSPS) is 18.3. The summed E-state index contributed by atoms with van der Waals surface area (Å²) in [6.07, 6.45) is 3.93. The molecule has 60 valence electrons. The first-order valence-electron chi connectivity index (χ1n) is 4.19. The quantitative estimate of drug-likeness (QED) is 0.702. The van der Waals surface area contributed by atoms with Gasteiger partial charge in [0.25, 0.3) is 0 Å². The van der Waals surface area contributed by atoms with Gasteiger partial charge in [-0.3, -0.25) is 0 Å². The Labute approximate surface area is 66.4 Å². The molecule has 0 aromatic carbocycles. The molecule has 1 aromatic rings. The molecule has 0 saturated heterocycles. The first kappa shape index (κ1) is 6.92. The molecule has 1 aliphatic rings. The van der Waals surface area contributed by atoms with Crippen molar-refractivity contribution in [3.63, 3.8) is 0 Å². The van der Waals surface area contributed by atoms with Crippen molar-refractivity contribution in [2.75, 3.05) is 0 Å². The predicted octanol–water partition coefficient (Wildman–Crippen LogP) is 2.01. The largest absolute Gasteiger partial charge is 0.464 e. The first-order valence-corrected chi connectivity index (χ1v) is 4.19. The highest BCUT2D eigenvalue weighted by molar-refractivity contribution is 5.13. The molecule has 1 fully saturated rings. The van der Waals surface area contributed by atoms with Crippen molar-refractivity contribution in [2.45, 2.75) is 31.7 Å². The fraction of sp³-hybridized carbons (Fsp3) is 0.556. The first-order chi connectivity index (χ1) is 5.40. The Hall–Kier alpha value is -0.760. The third kappa shape index (κ3) is 1.18. The average molecular weight is 151 g/mol. The van der Waals surface area contributed by atoms with Crippen LogP contribution in [0.5, 0.6) is 0 Å². The van der Waals surface area contributed by atoms with Gasteiger partial charge in [-0.2, -0.15) is 0 Å². The lowest BCUT2D eigenvalue weighted by atomic mass is 9.84. The zero-order chi connectivity index (χ0) is 7.68. The van der Waals surface area contributed by atoms with Crippen LogP contribution < -0.4 is 5.73 Å². The summed E-state index contributed by atoms with van der Waals surface area (Å²) in [6, 6.07) is 4.04. The van der Waals surface area contributed by atoms with Gasteiger partial charge in [-0.25, -0.2) is 0 Å². The number of hydrogen-bond acceptors (Lipinski definition) is 2. The van der Waals surface area contributed by atoms with Gasteiger partial charge in [-0.15, -0.1) is 0 Å². The Bertz CT molecular complexity index is 237. The molecule has 2 nitrogen and oxygen atoms in total. The van der Waals surface area contributed by atoms with Gasteiger partial charge >= 0.3 is 0 Å². The average Bonchev–Trinajstić information content (AvgIpc) is 2.32. The van der Waals surface area contributed by atoms with Crippen LogP contribution in [0.1, 0.15) is 36.7 Å². The Morgan fingerprint density at radius 1 is 1.45 bits per heavy atom. The molecule has 1 heterocycles. The second kappa shape index (κ2) is 2.70. The highest BCUT2D eigenvalue weighted by Gasteiger charge is 2.22. The standard InChI is InChI=1S/C9H13NO/c10-6-8-4-5-9(11-8)7-2-1-3-7/h4-5,7H,1-3,6,10H2. The maximum atomic E-state index is 5.51. The zero-order valence-corrected chi connectivity index (χ0v) is 6.55. The molecule has 0 atom stereocenters. The molecular formula is C9H13NO. The third-order valence-corrected chi connectivity index (χ3v) is 2.39. The highest BCUT2D eigenvalue weighted by atomic mass is 16.3. The SMILES string of the molecule is NCc1ccc(C2CCC2)o1. The minimum absolute atomic E-state index is 0.521. The Morgan fingerprint density at radius 2 is 2.27 bits per heavy atom. The lowest BCUT2D eigenvalue weighted by molar-refractivity contribution is 0.336. The van der Waals surface area contributed by atoms with E-state index in [2.05, 4.69) is 6.07 Å². The van der Waals surface area contributed by atoms with Gasteiger partial charge in [-0.1, -0.05) is 6.42 Å². The van der Waals surface area contributed by atoms with Gasteiger partial charge in [0.05, 0.1) is 6.54 Å². The Kier molecular flexibility index (Phi) is 1.70. The van der Waals surface area contributed by atoms with E-state index in [1.165, 1.54) is 19.3 Å². The second-order valence-electron chi connectivity index (χ2n) is 3.14. The summed E-state index contributed by atoms with van der Waals surface area (Å²) in [6.45, 7) is 0.521. The van der Waals surface area contributed by atoms with E-state index in [1.54, 1.807) is 0 Å². The third-order valence-electron chi connectivity index (χ3n) is 2.39. The van der Waals surface area contributed by atoms with Crippen LogP contribution in [0.15, 0.2) is 16.5 Å². The summed E-state index contributed by atoms with van der Waals surface area (Å²) in [5.74, 6) is 2.74. The van der Waals surface area contributed by atoms with Crippen LogP contribution in [0.25, 0.3) is 0 Å². The van der Waals surface area contributed by atoms with Crippen molar-refractivity contribution in [1.29, 1.82) is 0 Å². The van der Waals surface area contributed by atoms with E-state index in [1.807, 2.05) is 6.07 Å². The fourth-order valence-electron chi connectivity index (χ4n) is 1.42. The van der Waals surface area contributed by atoms with Gasteiger partial charge in [-0.05, 0) is 25.0 Å². The molecule has 1 aromatic heterocycles. The molecular weight excluding hydrogens is 138 g/mol. The molecule has 2 heteroatoms. The van der Waals surface area contributed by atoms with Crippen LogP contribution >= 0.6 is 0 Å². The minimum Gasteiger partial charge on any atom is -0.464 e. The van der Waals surface area contributed by atoms with Crippen molar-refractivity contribution in [3.05, 3.63) is 23.7 Å². The molecule has 1 aliphatic carbocycles. The summed E-state index contributed by atoms with van der Waals surface area (Å²) in [7, 11) is 0. The molecule has 2 N–H and O–H groups in total. The maximum absolute atomic E-state index is 5.51. The summed E-state index contributed by atoms with van der Waals surface area (Å²) >= 11 is 0. The molecule has 1 saturated carbocycles. The topological polar surface area (TPSA) is 39.2 Å². The number of furan rings is 1. The molecule has 0 bridgehead atoms. The molecule has 0 spiro atoms. The Balaban J connectivity index is 2.11. The summed E-state index contributed by atoms with van der Waals surface area (Å²) in [4.78, 5) is 0. The zero-order valence-electron chi connectivity index (χ0n) is 6.55. The van der Waals surface area contributed by atoms with Gasteiger partial charge in [0.1, 0.15) is 11.5 Å². The number of rotatable bonds is 2. The van der Waals surface area contributed by atoms with Crippen LogP contribution in [-0.4, -0.2) is 0 Å². The van der Waals surface area contributed by atoms with Gasteiger partial charge in [0.15, 0.2) is 0 Å². The van der Waals surface area contributed by atoms with E-state index in [0.29, 0.717) is 12.5 Å². The Morgan fingerprint density at radius 3 is 2.73 bits per heavy atom. The lowest BCUT2D eigenvalue weighted by Crippen LogP contribution is -2.07. The molecule has 11 heavy (non-hydrogen) atoms. The summed E-state index contributed by atoms with van der Waals surface area (Å²) in [5, 5.41) is 0. The molecule has 0 aliphatic heterocycles. The van der Waals surface area contributed by atoms with Crippen molar-refractivity contribution in [3.8, 4) is 0 Å². The highest BCUT2D eigenvalue weighted by Crippen LogP contribution is 2.36. The van der Waals surface area contributed by atoms with Crippen molar-refractivity contribution in [2.24, 2.45) is 5.73 Å². The molecule has 0 unspecified atom stereocenters. The van der Waals surface area contributed by atoms with E-state index in [4.69, 9.17) is 10.2 Å². The summed E-state index contributed by atoms with van der Waals surface area (Å²) < 4.78 is 5.51. The van der Waals surface area contributed by atoms with Crippen LogP contribution in [0.3, 0.4) is 0 Å². The fourth-order valence-corrected chi connectivity index (χ4v) is 1.42. The van der Waals surface area contributed by atoms with E-state index < -0.39 is 0 Å². The monoisotopic (exact) mass is 151 g/mol. The summed E-state index contributed by atoms with van der Waals surface area (Å²) in [5.41, 5.74) is 5.43. The number of nitrogens with two attached hydrogens (primary N) is 1. The van der Waals surface area contributed by atoms with Crippen LogP contribution in [0, 0.1) is 0 Å². The molecule has 0 radical (unpaired) electrons. The van der Waals surface area contributed by atoms with Crippen molar-refractivity contribution < 1.29 is 4.42 Å². The molecule has 0 amide bonds. The van der Waals surface area contributed by atoms with Crippen LogP contribution in [0.4, 0.5) is 0 Å². The van der Waals surface area contributed by atoms with Gasteiger partial charge < -0.3 is 10.2 Å². The van der Waals surface area contributed by atoms with E-state index >= 15 is 0 Å². The van der Waals surface area contributed by atoms with Crippen molar-refractivity contribution >= 4 is 0 Å². The maximum Gasteiger partial charge on any atom is 0.117 e. The molecule has 2 rings (SSSR count). The minimum atomic E-state index is 0.521.